The molecule has 0 atom stereocenters. The number of benzene rings is 7. The Morgan fingerprint density at radius 1 is 0.370 bits per heavy atom. The highest BCUT2D eigenvalue weighted by Gasteiger charge is 2.19. The third-order valence-electron chi connectivity index (χ3n) is 9.79. The van der Waals surface area contributed by atoms with Crippen LogP contribution in [0.4, 0.5) is 0 Å². The summed E-state index contributed by atoms with van der Waals surface area (Å²) in [5.41, 5.74) is 10.2. The molecule has 7 aromatic carbocycles. The number of nitrogens with zero attached hydrogens (tertiary/aromatic N) is 6. The molecule has 0 unspecified atom stereocenters. The van der Waals surface area contributed by atoms with Gasteiger partial charge in [0.2, 0.25) is 0 Å². The molecule has 0 spiro atoms. The molecule has 0 saturated carbocycles. The molecule has 0 bridgehead atoms. The van der Waals surface area contributed by atoms with Crippen LogP contribution in [0.5, 0.6) is 0 Å². The van der Waals surface area contributed by atoms with Crippen molar-refractivity contribution in [3.63, 3.8) is 0 Å². The summed E-state index contributed by atoms with van der Waals surface area (Å²) in [6, 6.07) is 60.5. The van der Waals surface area contributed by atoms with Crippen LogP contribution < -0.4 is 5.69 Å². The predicted octanol–water partition coefficient (Wildman–Crippen LogP) is 10.3. The van der Waals surface area contributed by atoms with Crippen molar-refractivity contribution in [2.24, 2.45) is 0 Å². The fraction of sp³-hybridized carbons (Fsp3) is 0. The van der Waals surface area contributed by atoms with Crippen LogP contribution in [0, 0.1) is 0 Å². The zero-order valence-corrected chi connectivity index (χ0v) is 28.9. The largest absolute Gasteiger partial charge is 0.339 e. The zero-order chi connectivity index (χ0) is 36.0. The van der Waals surface area contributed by atoms with Gasteiger partial charge < -0.3 is 0 Å². The molecule has 0 fully saturated rings. The molecule has 0 aliphatic carbocycles. The lowest BCUT2D eigenvalue weighted by molar-refractivity contribution is 0.932. The molecule has 0 amide bonds. The zero-order valence-electron chi connectivity index (χ0n) is 28.9. The second kappa shape index (κ2) is 12.9. The first kappa shape index (κ1) is 31.2. The van der Waals surface area contributed by atoms with E-state index in [0.29, 0.717) is 23.1 Å². The lowest BCUT2D eigenvalue weighted by Gasteiger charge is -2.15. The monoisotopic (exact) mass is 694 g/mol. The summed E-state index contributed by atoms with van der Waals surface area (Å²) in [6.45, 7) is 0. The topological polar surface area (TPSA) is 78.0 Å². The van der Waals surface area contributed by atoms with Crippen molar-refractivity contribution in [3.05, 3.63) is 192 Å². The molecule has 0 aliphatic rings. The fourth-order valence-electron chi connectivity index (χ4n) is 7.17. The van der Waals surface area contributed by atoms with E-state index in [4.69, 9.17) is 19.9 Å². The Morgan fingerprint density at radius 3 is 1.57 bits per heavy atom. The van der Waals surface area contributed by atoms with Gasteiger partial charge in [-0.25, -0.2) is 29.1 Å². The number of hydrogen-bond acceptors (Lipinski definition) is 5. The quantitative estimate of drug-likeness (QED) is 0.173. The Morgan fingerprint density at radius 2 is 0.889 bits per heavy atom. The van der Waals surface area contributed by atoms with Crippen molar-refractivity contribution < 1.29 is 0 Å². The minimum Gasteiger partial charge on any atom is -0.262 e. The third-order valence-corrected chi connectivity index (χ3v) is 9.79. The SMILES string of the molecule is O=c1n(-c2cccc(-c3ccccc3)c2)c2cc(-c3cccc(-c4nc(-c5ccccc5)nc(-c5ccccc5)n4)c3)ccc2c2nc3ccccc3n12. The summed E-state index contributed by atoms with van der Waals surface area (Å²) in [5.74, 6) is 1.78. The Bertz CT molecular complexity index is 3010. The first-order valence-electron chi connectivity index (χ1n) is 17.8. The maximum absolute atomic E-state index is 14.7. The van der Waals surface area contributed by atoms with Gasteiger partial charge in [0, 0.05) is 22.1 Å². The first-order chi connectivity index (χ1) is 26.7. The molecule has 3 aromatic heterocycles. The molecule has 254 valence electrons. The molecule has 10 aromatic rings. The van der Waals surface area contributed by atoms with E-state index in [1.807, 2.05) is 127 Å². The van der Waals surface area contributed by atoms with E-state index in [-0.39, 0.29) is 5.69 Å². The van der Waals surface area contributed by atoms with Crippen molar-refractivity contribution in [1.82, 2.24) is 28.9 Å². The summed E-state index contributed by atoms with van der Waals surface area (Å²) in [6.07, 6.45) is 0. The van der Waals surface area contributed by atoms with E-state index in [0.717, 1.165) is 66.6 Å². The lowest BCUT2D eigenvalue weighted by Crippen LogP contribution is -2.25. The van der Waals surface area contributed by atoms with E-state index >= 15 is 0 Å². The van der Waals surface area contributed by atoms with Gasteiger partial charge in [0.15, 0.2) is 23.1 Å². The van der Waals surface area contributed by atoms with Crippen LogP contribution in [0.1, 0.15) is 0 Å². The first-order valence-corrected chi connectivity index (χ1v) is 17.8. The van der Waals surface area contributed by atoms with Gasteiger partial charge in [-0.15, -0.1) is 0 Å². The molecular formula is C47H30N6O. The van der Waals surface area contributed by atoms with Gasteiger partial charge in [0.05, 0.1) is 22.2 Å². The van der Waals surface area contributed by atoms with E-state index in [1.54, 1.807) is 8.97 Å². The highest BCUT2D eigenvalue weighted by Crippen LogP contribution is 2.33. The van der Waals surface area contributed by atoms with Gasteiger partial charge in [0.25, 0.3) is 0 Å². The van der Waals surface area contributed by atoms with Crippen LogP contribution in [0.25, 0.3) is 89.7 Å². The highest BCUT2D eigenvalue weighted by molar-refractivity contribution is 5.99. The molecular weight excluding hydrogens is 665 g/mol. The number of para-hydroxylation sites is 2. The van der Waals surface area contributed by atoms with Crippen molar-refractivity contribution in [1.29, 1.82) is 0 Å². The Kier molecular flexibility index (Phi) is 7.47. The van der Waals surface area contributed by atoms with E-state index in [1.165, 1.54) is 0 Å². The molecule has 7 nitrogen and oxygen atoms in total. The van der Waals surface area contributed by atoms with Crippen molar-refractivity contribution >= 4 is 27.6 Å². The van der Waals surface area contributed by atoms with Crippen molar-refractivity contribution in [2.75, 3.05) is 0 Å². The third kappa shape index (κ3) is 5.43. The summed E-state index contributed by atoms with van der Waals surface area (Å²) >= 11 is 0. The standard InChI is InChI=1S/C47H30N6O/c54-47-52(38-23-13-21-35(29-38)31-14-4-1-5-15-31)42-30-36(26-27-39(42)46-48-40-24-10-11-25-41(40)53(46)47)34-20-12-22-37(28-34)45-50-43(32-16-6-2-7-17-32)49-44(51-45)33-18-8-3-9-19-33/h1-30H. The molecule has 0 radical (unpaired) electrons. The van der Waals surface area contributed by atoms with E-state index < -0.39 is 0 Å². The average Bonchev–Trinajstić information content (AvgIpc) is 3.65. The minimum absolute atomic E-state index is 0.186. The maximum atomic E-state index is 14.7. The molecule has 0 aliphatic heterocycles. The van der Waals surface area contributed by atoms with Gasteiger partial charge in [0.1, 0.15) is 0 Å². The second-order valence-corrected chi connectivity index (χ2v) is 13.1. The predicted molar refractivity (Wildman–Crippen MR) is 216 cm³/mol. The molecule has 0 saturated heterocycles. The van der Waals surface area contributed by atoms with Gasteiger partial charge >= 0.3 is 5.69 Å². The molecule has 54 heavy (non-hydrogen) atoms. The summed E-state index contributed by atoms with van der Waals surface area (Å²) < 4.78 is 3.53. The normalized spacial score (nSPS) is 11.4. The number of imidazole rings is 1. The van der Waals surface area contributed by atoms with Crippen LogP contribution in [0.2, 0.25) is 0 Å². The fourth-order valence-corrected chi connectivity index (χ4v) is 7.17. The van der Waals surface area contributed by atoms with E-state index in [9.17, 15) is 4.79 Å². The summed E-state index contributed by atoms with van der Waals surface area (Å²) in [7, 11) is 0. The maximum Gasteiger partial charge on any atom is 0.339 e. The molecule has 0 N–H and O–H groups in total. The Hall–Kier alpha value is -7.51. The Balaban J connectivity index is 1.17. The van der Waals surface area contributed by atoms with Crippen molar-refractivity contribution in [2.45, 2.75) is 0 Å². The van der Waals surface area contributed by atoms with Crippen LogP contribution in [0.3, 0.4) is 0 Å². The number of fused-ring (bicyclic) bond motifs is 5. The van der Waals surface area contributed by atoms with Crippen LogP contribution in [-0.2, 0) is 0 Å². The van der Waals surface area contributed by atoms with Crippen LogP contribution in [0.15, 0.2) is 187 Å². The second-order valence-electron chi connectivity index (χ2n) is 13.1. The van der Waals surface area contributed by atoms with Gasteiger partial charge in [-0.2, -0.15) is 0 Å². The van der Waals surface area contributed by atoms with Crippen molar-refractivity contribution in [3.8, 4) is 62.1 Å². The molecule has 10 rings (SSSR count). The highest BCUT2D eigenvalue weighted by atomic mass is 16.1. The van der Waals surface area contributed by atoms with Crippen LogP contribution >= 0.6 is 0 Å². The number of aromatic nitrogens is 6. The van der Waals surface area contributed by atoms with Crippen LogP contribution in [-0.4, -0.2) is 28.9 Å². The number of rotatable bonds is 6. The minimum atomic E-state index is -0.186. The van der Waals surface area contributed by atoms with E-state index in [2.05, 4.69) is 54.6 Å². The average molecular weight is 695 g/mol. The van der Waals surface area contributed by atoms with Gasteiger partial charge in [-0.1, -0.05) is 140 Å². The summed E-state index contributed by atoms with van der Waals surface area (Å²) in [4.78, 5) is 34.5. The number of hydrogen-bond donors (Lipinski definition) is 0. The van der Waals surface area contributed by atoms with Gasteiger partial charge in [-0.05, 0) is 64.7 Å². The van der Waals surface area contributed by atoms with Gasteiger partial charge in [-0.3, -0.25) is 4.57 Å². The smallest absolute Gasteiger partial charge is 0.262 e. The molecule has 7 heteroatoms. The molecule has 3 heterocycles. The summed E-state index contributed by atoms with van der Waals surface area (Å²) in [5, 5.41) is 0.869. The Labute approximate surface area is 310 Å². The lowest BCUT2D eigenvalue weighted by atomic mass is 10.0.